The second-order valence-electron chi connectivity index (χ2n) is 4.57. The summed E-state index contributed by atoms with van der Waals surface area (Å²) in [7, 11) is 1.60. The maximum Gasteiger partial charge on any atom is 0.248 e. The molecular weight excluding hydrogens is 282 g/mol. The number of hydrogen-bond donors (Lipinski definition) is 3. The molecule has 2 amide bonds. The topological polar surface area (TPSA) is 93.4 Å². The first-order chi connectivity index (χ1) is 10.6. The molecule has 0 aromatic heterocycles. The molecule has 2 aromatic carbocycles. The molecule has 2 aromatic rings. The normalized spacial score (nSPS) is 9.86. The summed E-state index contributed by atoms with van der Waals surface area (Å²) in [5.41, 5.74) is 6.97. The Morgan fingerprint density at radius 3 is 2.14 bits per heavy atom. The number of nitrogens with one attached hydrogen (secondary N) is 2. The third-order valence-electron chi connectivity index (χ3n) is 3.00. The first-order valence-corrected chi connectivity index (χ1v) is 6.66. The summed E-state index contributed by atoms with van der Waals surface area (Å²) < 4.78 is 5.06. The molecule has 0 aliphatic heterocycles. The van der Waals surface area contributed by atoms with Gasteiger partial charge in [-0.2, -0.15) is 0 Å². The van der Waals surface area contributed by atoms with E-state index in [0.29, 0.717) is 11.3 Å². The highest BCUT2D eigenvalue weighted by atomic mass is 16.5. The molecule has 4 N–H and O–H groups in total. The summed E-state index contributed by atoms with van der Waals surface area (Å²) in [6.45, 7) is 0.129. The molecular formula is C16H17N3O3. The van der Waals surface area contributed by atoms with E-state index in [0.717, 1.165) is 11.4 Å². The summed E-state index contributed by atoms with van der Waals surface area (Å²) >= 11 is 0. The zero-order valence-corrected chi connectivity index (χ0v) is 12.1. The Morgan fingerprint density at radius 2 is 1.59 bits per heavy atom. The standard InChI is InChI=1S/C16H17N3O3/c1-22-14-8-6-12(7-9-14)18-10-15(20)19-13-4-2-11(3-5-13)16(17)21/h2-9,18H,10H2,1H3,(H2,17,21)(H,19,20). The number of carbonyl (C=O) groups is 2. The van der Waals surface area contributed by atoms with E-state index in [4.69, 9.17) is 10.5 Å². The molecule has 0 bridgehead atoms. The molecule has 0 spiro atoms. The van der Waals surface area contributed by atoms with Crippen molar-refractivity contribution in [1.29, 1.82) is 0 Å². The van der Waals surface area contributed by atoms with Crippen molar-refractivity contribution in [3.63, 3.8) is 0 Å². The van der Waals surface area contributed by atoms with Crippen molar-refractivity contribution in [2.75, 3.05) is 24.3 Å². The molecule has 0 aliphatic rings. The molecule has 0 radical (unpaired) electrons. The first kappa shape index (κ1) is 15.4. The number of hydrogen-bond acceptors (Lipinski definition) is 4. The average molecular weight is 299 g/mol. The van der Waals surface area contributed by atoms with E-state index < -0.39 is 5.91 Å². The lowest BCUT2D eigenvalue weighted by Gasteiger charge is -2.08. The number of nitrogens with two attached hydrogens (primary N) is 1. The molecule has 0 atom stereocenters. The Morgan fingerprint density at radius 1 is 1.00 bits per heavy atom. The first-order valence-electron chi connectivity index (χ1n) is 6.66. The lowest BCUT2D eigenvalue weighted by molar-refractivity contribution is -0.114. The van der Waals surface area contributed by atoms with Gasteiger partial charge in [0.1, 0.15) is 5.75 Å². The zero-order chi connectivity index (χ0) is 15.9. The minimum atomic E-state index is -0.501. The number of carbonyl (C=O) groups excluding carboxylic acids is 2. The highest BCUT2D eigenvalue weighted by Crippen LogP contribution is 2.15. The molecule has 6 heteroatoms. The van der Waals surface area contributed by atoms with Crippen LogP contribution in [-0.4, -0.2) is 25.5 Å². The highest BCUT2D eigenvalue weighted by molar-refractivity contribution is 5.96. The van der Waals surface area contributed by atoms with Crippen molar-refractivity contribution < 1.29 is 14.3 Å². The zero-order valence-electron chi connectivity index (χ0n) is 12.1. The van der Waals surface area contributed by atoms with Crippen LogP contribution in [0.15, 0.2) is 48.5 Å². The van der Waals surface area contributed by atoms with Crippen LogP contribution in [0, 0.1) is 0 Å². The van der Waals surface area contributed by atoms with Gasteiger partial charge >= 0.3 is 0 Å². The molecule has 22 heavy (non-hydrogen) atoms. The van der Waals surface area contributed by atoms with Crippen LogP contribution >= 0.6 is 0 Å². The Balaban J connectivity index is 1.85. The van der Waals surface area contributed by atoms with E-state index in [2.05, 4.69) is 10.6 Å². The largest absolute Gasteiger partial charge is 0.497 e. The molecule has 0 unspecified atom stereocenters. The van der Waals surface area contributed by atoms with E-state index in [1.54, 1.807) is 31.4 Å². The second-order valence-corrected chi connectivity index (χ2v) is 4.57. The average Bonchev–Trinajstić information content (AvgIpc) is 2.54. The Hall–Kier alpha value is -3.02. The van der Waals surface area contributed by atoms with Gasteiger partial charge in [-0.15, -0.1) is 0 Å². The third kappa shape index (κ3) is 4.24. The molecule has 0 aliphatic carbocycles. The molecule has 114 valence electrons. The summed E-state index contributed by atoms with van der Waals surface area (Å²) in [6.07, 6.45) is 0. The highest BCUT2D eigenvalue weighted by Gasteiger charge is 2.04. The number of benzene rings is 2. The maximum absolute atomic E-state index is 11.8. The molecule has 0 heterocycles. The van der Waals surface area contributed by atoms with Gasteiger partial charge in [0, 0.05) is 16.9 Å². The Kier molecular flexibility index (Phi) is 4.98. The van der Waals surface area contributed by atoms with Crippen molar-refractivity contribution in [2.24, 2.45) is 5.73 Å². The van der Waals surface area contributed by atoms with Crippen LogP contribution in [0.5, 0.6) is 5.75 Å². The summed E-state index contributed by atoms with van der Waals surface area (Å²) in [5, 5.41) is 5.73. The smallest absolute Gasteiger partial charge is 0.248 e. The quantitative estimate of drug-likeness (QED) is 0.758. The molecule has 0 fully saturated rings. The second kappa shape index (κ2) is 7.12. The van der Waals surface area contributed by atoms with Crippen LogP contribution in [0.25, 0.3) is 0 Å². The van der Waals surface area contributed by atoms with Gasteiger partial charge in [-0.3, -0.25) is 9.59 Å². The van der Waals surface area contributed by atoms with Crippen LogP contribution in [0.2, 0.25) is 0 Å². The van der Waals surface area contributed by atoms with Gasteiger partial charge in [0.05, 0.1) is 13.7 Å². The minimum absolute atomic E-state index is 0.129. The molecule has 6 nitrogen and oxygen atoms in total. The van der Waals surface area contributed by atoms with E-state index in [9.17, 15) is 9.59 Å². The predicted molar refractivity (Wildman–Crippen MR) is 85.1 cm³/mol. The minimum Gasteiger partial charge on any atom is -0.497 e. The van der Waals surface area contributed by atoms with Crippen LogP contribution in [0.3, 0.4) is 0 Å². The van der Waals surface area contributed by atoms with Crippen LogP contribution in [-0.2, 0) is 4.79 Å². The van der Waals surface area contributed by atoms with Crippen molar-refractivity contribution in [2.45, 2.75) is 0 Å². The van der Waals surface area contributed by atoms with Gasteiger partial charge in [-0.05, 0) is 48.5 Å². The van der Waals surface area contributed by atoms with E-state index in [-0.39, 0.29) is 12.5 Å². The SMILES string of the molecule is COc1ccc(NCC(=O)Nc2ccc(C(N)=O)cc2)cc1. The summed E-state index contributed by atoms with van der Waals surface area (Å²) in [5.74, 6) is 0.0613. The van der Waals surface area contributed by atoms with Crippen molar-refractivity contribution >= 4 is 23.2 Å². The van der Waals surface area contributed by atoms with Gasteiger partial charge in [-0.1, -0.05) is 0 Å². The summed E-state index contributed by atoms with van der Waals surface area (Å²) in [4.78, 5) is 22.8. The van der Waals surface area contributed by atoms with Crippen molar-refractivity contribution in [3.8, 4) is 5.75 Å². The lowest BCUT2D eigenvalue weighted by Crippen LogP contribution is -2.21. The van der Waals surface area contributed by atoms with Crippen molar-refractivity contribution in [3.05, 3.63) is 54.1 Å². The van der Waals surface area contributed by atoms with E-state index in [1.807, 2.05) is 24.3 Å². The van der Waals surface area contributed by atoms with Gasteiger partial charge < -0.3 is 21.1 Å². The molecule has 0 saturated carbocycles. The predicted octanol–water partition coefficient (Wildman–Crippen LogP) is 1.84. The molecule has 2 rings (SSSR count). The molecule has 0 saturated heterocycles. The fraction of sp³-hybridized carbons (Fsp3) is 0.125. The van der Waals surface area contributed by atoms with Gasteiger partial charge in [0.2, 0.25) is 11.8 Å². The number of primary amides is 1. The summed E-state index contributed by atoms with van der Waals surface area (Å²) in [6, 6.07) is 13.7. The Labute approximate surface area is 128 Å². The fourth-order valence-electron chi connectivity index (χ4n) is 1.81. The number of amides is 2. The van der Waals surface area contributed by atoms with Crippen LogP contribution < -0.4 is 21.1 Å². The lowest BCUT2D eigenvalue weighted by atomic mass is 10.2. The van der Waals surface area contributed by atoms with E-state index >= 15 is 0 Å². The van der Waals surface area contributed by atoms with Crippen molar-refractivity contribution in [1.82, 2.24) is 0 Å². The number of anilines is 2. The van der Waals surface area contributed by atoms with Gasteiger partial charge in [-0.25, -0.2) is 0 Å². The van der Waals surface area contributed by atoms with Gasteiger partial charge in [0.15, 0.2) is 0 Å². The van der Waals surface area contributed by atoms with E-state index in [1.165, 1.54) is 0 Å². The number of methoxy groups -OCH3 is 1. The van der Waals surface area contributed by atoms with Crippen LogP contribution in [0.4, 0.5) is 11.4 Å². The fourth-order valence-corrected chi connectivity index (χ4v) is 1.81. The maximum atomic E-state index is 11.8. The monoisotopic (exact) mass is 299 g/mol. The number of rotatable bonds is 6. The van der Waals surface area contributed by atoms with Gasteiger partial charge in [0.25, 0.3) is 0 Å². The van der Waals surface area contributed by atoms with Crippen LogP contribution in [0.1, 0.15) is 10.4 Å². The third-order valence-corrected chi connectivity index (χ3v) is 3.00. The Bertz CT molecular complexity index is 651. The number of ether oxygens (including phenoxy) is 1.